The van der Waals surface area contributed by atoms with Gasteiger partial charge >= 0.3 is 0 Å². The fraction of sp³-hybridized carbons (Fsp3) is 0.375. The summed E-state index contributed by atoms with van der Waals surface area (Å²) in [7, 11) is 1.75. The Labute approximate surface area is 135 Å². The van der Waals surface area contributed by atoms with Gasteiger partial charge in [-0.1, -0.05) is 0 Å². The zero-order valence-electron chi connectivity index (χ0n) is 13.5. The van der Waals surface area contributed by atoms with Crippen LogP contribution in [0.15, 0.2) is 30.3 Å². The van der Waals surface area contributed by atoms with Gasteiger partial charge in [0, 0.05) is 25.2 Å². The van der Waals surface area contributed by atoms with Gasteiger partial charge in [-0.2, -0.15) is 5.10 Å². The van der Waals surface area contributed by atoms with Crippen LogP contribution in [0.3, 0.4) is 0 Å². The van der Waals surface area contributed by atoms with Crippen molar-refractivity contribution < 1.29 is 9.53 Å². The van der Waals surface area contributed by atoms with E-state index in [9.17, 15) is 4.79 Å². The summed E-state index contributed by atoms with van der Waals surface area (Å²) in [6.45, 7) is 3.95. The number of nitrogens with one attached hydrogen (secondary N) is 3. The Kier molecular flexibility index (Phi) is 4.31. The second-order valence-corrected chi connectivity index (χ2v) is 5.80. The third-order valence-corrected chi connectivity index (χ3v) is 3.68. The van der Waals surface area contributed by atoms with Crippen LogP contribution in [0, 0.1) is 6.92 Å². The lowest BCUT2D eigenvalue weighted by molar-refractivity contribution is 0.101. The minimum Gasteiger partial charge on any atom is -0.474 e. The number of amides is 1. The van der Waals surface area contributed by atoms with Crippen molar-refractivity contribution in [1.82, 2.24) is 20.6 Å². The fourth-order valence-corrected chi connectivity index (χ4v) is 2.55. The van der Waals surface area contributed by atoms with E-state index in [0.29, 0.717) is 17.4 Å². The number of anilines is 1. The number of aromatic nitrogens is 2. The molecule has 0 bridgehead atoms. The number of hydrazine groups is 1. The summed E-state index contributed by atoms with van der Waals surface area (Å²) >= 11 is 0. The molecule has 1 saturated heterocycles. The molecule has 2 unspecified atom stereocenters. The molecule has 1 aromatic carbocycles. The molecule has 3 rings (SSSR count). The zero-order valence-corrected chi connectivity index (χ0v) is 13.5. The van der Waals surface area contributed by atoms with Crippen molar-refractivity contribution in [3.05, 3.63) is 41.7 Å². The molecule has 1 aromatic heterocycles. The second kappa shape index (κ2) is 6.39. The van der Waals surface area contributed by atoms with E-state index < -0.39 is 0 Å². The van der Waals surface area contributed by atoms with Crippen LogP contribution in [0.1, 0.15) is 29.5 Å². The van der Waals surface area contributed by atoms with E-state index in [-0.39, 0.29) is 12.1 Å². The lowest BCUT2D eigenvalue weighted by atomic mass is 10.2. The number of nitrogens with zero attached hydrogens (tertiary/aromatic N) is 2. The topological polar surface area (TPSA) is 80.2 Å². The highest BCUT2D eigenvalue weighted by Gasteiger charge is 2.21. The minimum absolute atomic E-state index is 0.0390. The molecular formula is C16H21N5O2. The summed E-state index contributed by atoms with van der Waals surface area (Å²) in [5.41, 5.74) is 8.25. The van der Waals surface area contributed by atoms with Crippen LogP contribution < -0.4 is 20.9 Å². The second-order valence-electron chi connectivity index (χ2n) is 5.80. The smallest absolute Gasteiger partial charge is 0.273 e. The number of hydrogen-bond donors (Lipinski definition) is 3. The Balaban J connectivity index is 1.61. The Bertz CT molecular complexity index is 695. The largest absolute Gasteiger partial charge is 0.474 e. The molecule has 23 heavy (non-hydrogen) atoms. The number of carbonyl (C=O) groups excluding carboxylic acids is 1. The Morgan fingerprint density at radius 2 is 2.09 bits per heavy atom. The van der Waals surface area contributed by atoms with Crippen molar-refractivity contribution >= 4 is 11.6 Å². The van der Waals surface area contributed by atoms with Gasteiger partial charge in [-0.3, -0.25) is 14.9 Å². The summed E-state index contributed by atoms with van der Waals surface area (Å²) < 4.78 is 7.38. The Hall–Kier alpha value is -2.38. The maximum Gasteiger partial charge on any atom is 0.273 e. The van der Waals surface area contributed by atoms with Gasteiger partial charge < -0.3 is 10.1 Å². The van der Waals surface area contributed by atoms with Crippen molar-refractivity contribution in [3.8, 4) is 5.75 Å². The average Bonchev–Trinajstić information content (AvgIpc) is 3.06. The molecule has 7 heteroatoms. The number of aryl methyl sites for hydroxylation is 2. The zero-order chi connectivity index (χ0) is 16.4. The van der Waals surface area contributed by atoms with Crippen LogP contribution in [0.25, 0.3) is 0 Å². The van der Waals surface area contributed by atoms with Gasteiger partial charge in [-0.25, -0.2) is 5.43 Å². The monoisotopic (exact) mass is 315 g/mol. The molecule has 1 amide bonds. The first-order valence-corrected chi connectivity index (χ1v) is 7.61. The Morgan fingerprint density at radius 1 is 1.35 bits per heavy atom. The van der Waals surface area contributed by atoms with Crippen molar-refractivity contribution in [1.29, 1.82) is 0 Å². The van der Waals surface area contributed by atoms with E-state index >= 15 is 0 Å². The highest BCUT2D eigenvalue weighted by atomic mass is 16.5. The lowest BCUT2D eigenvalue weighted by Gasteiger charge is -2.13. The van der Waals surface area contributed by atoms with Crippen LogP contribution >= 0.6 is 0 Å². The summed E-state index contributed by atoms with van der Waals surface area (Å²) in [6.07, 6.45) is 0.862. The van der Waals surface area contributed by atoms with Gasteiger partial charge in [0.25, 0.3) is 5.91 Å². The van der Waals surface area contributed by atoms with E-state index in [2.05, 4.69) is 28.2 Å². The van der Waals surface area contributed by atoms with Gasteiger partial charge in [0.05, 0.1) is 5.69 Å². The molecular weight excluding hydrogens is 294 g/mol. The first-order valence-electron chi connectivity index (χ1n) is 7.61. The van der Waals surface area contributed by atoms with E-state index in [4.69, 9.17) is 4.74 Å². The predicted molar refractivity (Wildman–Crippen MR) is 87.1 cm³/mol. The van der Waals surface area contributed by atoms with E-state index in [1.807, 2.05) is 31.2 Å². The summed E-state index contributed by atoms with van der Waals surface area (Å²) in [4.78, 5) is 12.2. The lowest BCUT2D eigenvalue weighted by Crippen LogP contribution is -2.35. The molecule has 1 aliphatic heterocycles. The molecule has 1 fully saturated rings. The van der Waals surface area contributed by atoms with Crippen molar-refractivity contribution in [2.24, 2.45) is 7.05 Å². The molecule has 1 aliphatic rings. The van der Waals surface area contributed by atoms with Gasteiger partial charge in [-0.15, -0.1) is 0 Å². The third-order valence-electron chi connectivity index (χ3n) is 3.68. The summed E-state index contributed by atoms with van der Waals surface area (Å²) in [5, 5.41) is 7.03. The molecule has 0 saturated carbocycles. The maximum absolute atomic E-state index is 12.2. The van der Waals surface area contributed by atoms with Crippen LogP contribution in [-0.2, 0) is 7.05 Å². The van der Waals surface area contributed by atoms with Crippen LogP contribution in [0.4, 0.5) is 5.69 Å². The van der Waals surface area contributed by atoms with Gasteiger partial charge in [0.15, 0.2) is 6.23 Å². The standard InChI is InChI=1S/C16H21N5O2/c1-10-9-15(19-18-10)23-13-6-4-12(5-7-13)17-16(22)14-8-11(2)20-21(14)3/h4-8,10,15,18-19H,9H2,1-3H3,(H,17,22). The highest BCUT2D eigenvalue weighted by molar-refractivity contribution is 6.03. The minimum atomic E-state index is -0.183. The molecule has 7 nitrogen and oxygen atoms in total. The van der Waals surface area contributed by atoms with Crippen molar-refractivity contribution in [2.75, 3.05) is 5.32 Å². The highest BCUT2D eigenvalue weighted by Crippen LogP contribution is 2.19. The third kappa shape index (κ3) is 3.69. The molecule has 2 atom stereocenters. The average molecular weight is 315 g/mol. The van der Waals surface area contributed by atoms with Gasteiger partial charge in [-0.05, 0) is 44.2 Å². The Morgan fingerprint density at radius 3 is 2.65 bits per heavy atom. The molecule has 0 aliphatic carbocycles. The van der Waals surface area contributed by atoms with Crippen LogP contribution in [0.2, 0.25) is 0 Å². The fourth-order valence-electron chi connectivity index (χ4n) is 2.55. The van der Waals surface area contributed by atoms with E-state index in [0.717, 1.165) is 17.9 Å². The van der Waals surface area contributed by atoms with Crippen molar-refractivity contribution in [3.63, 3.8) is 0 Å². The number of rotatable bonds is 4. The van der Waals surface area contributed by atoms with Crippen LogP contribution in [0.5, 0.6) is 5.75 Å². The number of carbonyl (C=O) groups is 1. The quantitative estimate of drug-likeness (QED) is 0.798. The molecule has 2 aromatic rings. The molecule has 0 spiro atoms. The SMILES string of the molecule is Cc1cc(C(=O)Nc2ccc(OC3CC(C)NN3)cc2)n(C)n1. The number of hydrogen-bond acceptors (Lipinski definition) is 5. The summed E-state index contributed by atoms with van der Waals surface area (Å²) in [5.74, 6) is 0.574. The normalized spacial score (nSPS) is 20.5. The predicted octanol–water partition coefficient (Wildman–Crippen LogP) is 1.57. The molecule has 3 N–H and O–H groups in total. The molecule has 2 heterocycles. The first kappa shape index (κ1) is 15.5. The van der Waals surface area contributed by atoms with Crippen LogP contribution in [-0.4, -0.2) is 28.0 Å². The maximum atomic E-state index is 12.2. The van der Waals surface area contributed by atoms with Crippen molar-refractivity contribution in [2.45, 2.75) is 32.5 Å². The molecule has 122 valence electrons. The van der Waals surface area contributed by atoms with Gasteiger partial charge in [0.2, 0.25) is 0 Å². The first-order chi connectivity index (χ1) is 11.0. The molecule has 0 radical (unpaired) electrons. The van der Waals surface area contributed by atoms with E-state index in [1.54, 1.807) is 17.8 Å². The van der Waals surface area contributed by atoms with Gasteiger partial charge in [0.1, 0.15) is 11.4 Å². The number of benzene rings is 1. The van der Waals surface area contributed by atoms with E-state index in [1.165, 1.54) is 0 Å². The summed E-state index contributed by atoms with van der Waals surface area (Å²) in [6, 6.07) is 9.47. The number of ether oxygens (including phenoxy) is 1.